The smallest absolute Gasteiger partial charge is 0.0494 e. The van der Waals surface area contributed by atoms with Gasteiger partial charge in [-0.2, -0.15) is 0 Å². The number of nitrogens with two attached hydrogens (primary N) is 1. The van der Waals surface area contributed by atoms with Gasteiger partial charge in [0.15, 0.2) is 0 Å². The average molecular weight is 269 g/mol. The SMILES string of the molecule is CC(N)C(c1cccc(Cl)c1)N(C)CC(C)(C)C. The molecule has 0 bridgehead atoms. The van der Waals surface area contributed by atoms with Crippen LogP contribution in [0.4, 0.5) is 0 Å². The number of likely N-dealkylation sites (N-methyl/N-ethyl adjacent to an activating group) is 1. The molecule has 1 aromatic rings. The molecule has 2 nitrogen and oxygen atoms in total. The molecule has 0 aromatic heterocycles. The Labute approximate surface area is 116 Å². The fraction of sp³-hybridized carbons (Fsp3) is 0.600. The summed E-state index contributed by atoms with van der Waals surface area (Å²) >= 11 is 6.07. The predicted octanol–water partition coefficient (Wildman–Crippen LogP) is 3.71. The van der Waals surface area contributed by atoms with E-state index >= 15 is 0 Å². The van der Waals surface area contributed by atoms with Crippen molar-refractivity contribution in [2.24, 2.45) is 11.1 Å². The molecule has 0 radical (unpaired) electrons. The molecular formula is C15H25ClN2. The lowest BCUT2D eigenvalue weighted by Crippen LogP contribution is -2.41. The van der Waals surface area contributed by atoms with Gasteiger partial charge in [-0.15, -0.1) is 0 Å². The Hall–Kier alpha value is -0.570. The highest BCUT2D eigenvalue weighted by molar-refractivity contribution is 6.30. The van der Waals surface area contributed by atoms with Crippen LogP contribution in [-0.4, -0.2) is 24.5 Å². The zero-order valence-electron chi connectivity index (χ0n) is 12.1. The maximum Gasteiger partial charge on any atom is 0.0494 e. The average Bonchev–Trinajstić information content (AvgIpc) is 2.13. The van der Waals surface area contributed by atoms with Crippen molar-refractivity contribution < 1.29 is 0 Å². The Kier molecular flexibility index (Phi) is 5.20. The van der Waals surface area contributed by atoms with Crippen LogP contribution >= 0.6 is 11.6 Å². The van der Waals surface area contributed by atoms with Crippen LogP contribution in [0.15, 0.2) is 24.3 Å². The summed E-state index contributed by atoms with van der Waals surface area (Å²) in [6, 6.07) is 8.25. The van der Waals surface area contributed by atoms with Gasteiger partial charge in [-0.3, -0.25) is 4.90 Å². The lowest BCUT2D eigenvalue weighted by atomic mass is 9.93. The van der Waals surface area contributed by atoms with Crippen LogP contribution in [0, 0.1) is 5.41 Å². The van der Waals surface area contributed by atoms with Gasteiger partial charge in [0.2, 0.25) is 0 Å². The number of hydrogen-bond acceptors (Lipinski definition) is 2. The van der Waals surface area contributed by atoms with Crippen LogP contribution in [-0.2, 0) is 0 Å². The maximum atomic E-state index is 6.15. The van der Waals surface area contributed by atoms with E-state index in [1.807, 2.05) is 25.1 Å². The van der Waals surface area contributed by atoms with E-state index in [0.717, 1.165) is 11.6 Å². The minimum absolute atomic E-state index is 0.0656. The first-order valence-electron chi connectivity index (χ1n) is 6.42. The summed E-state index contributed by atoms with van der Waals surface area (Å²) in [5.41, 5.74) is 7.59. The van der Waals surface area contributed by atoms with Crippen molar-refractivity contribution in [1.29, 1.82) is 0 Å². The van der Waals surface area contributed by atoms with Crippen molar-refractivity contribution in [1.82, 2.24) is 4.90 Å². The van der Waals surface area contributed by atoms with Crippen molar-refractivity contribution in [2.45, 2.75) is 39.8 Å². The number of halogens is 1. The van der Waals surface area contributed by atoms with Crippen molar-refractivity contribution in [2.75, 3.05) is 13.6 Å². The molecule has 0 saturated heterocycles. The van der Waals surface area contributed by atoms with E-state index in [2.05, 4.69) is 38.8 Å². The van der Waals surface area contributed by atoms with E-state index < -0.39 is 0 Å². The van der Waals surface area contributed by atoms with Crippen LogP contribution in [0.1, 0.15) is 39.3 Å². The molecule has 1 aromatic carbocycles. The van der Waals surface area contributed by atoms with Gasteiger partial charge in [-0.1, -0.05) is 44.5 Å². The second kappa shape index (κ2) is 6.05. The third-order valence-electron chi connectivity index (χ3n) is 2.89. The van der Waals surface area contributed by atoms with Gasteiger partial charge in [0.05, 0.1) is 0 Å². The monoisotopic (exact) mass is 268 g/mol. The zero-order valence-corrected chi connectivity index (χ0v) is 12.8. The third kappa shape index (κ3) is 4.60. The number of nitrogens with zero attached hydrogens (tertiary/aromatic N) is 1. The van der Waals surface area contributed by atoms with Crippen LogP contribution in [0.25, 0.3) is 0 Å². The fourth-order valence-corrected chi connectivity index (χ4v) is 2.70. The zero-order chi connectivity index (χ0) is 13.9. The normalized spacial score (nSPS) is 15.8. The quantitative estimate of drug-likeness (QED) is 0.902. The Bertz CT molecular complexity index is 382. The number of benzene rings is 1. The lowest BCUT2D eigenvalue weighted by molar-refractivity contribution is 0.156. The molecule has 1 rings (SSSR count). The lowest BCUT2D eigenvalue weighted by Gasteiger charge is -2.35. The summed E-state index contributed by atoms with van der Waals surface area (Å²) in [5.74, 6) is 0. The molecule has 2 atom stereocenters. The van der Waals surface area contributed by atoms with Crippen molar-refractivity contribution in [3.05, 3.63) is 34.9 Å². The predicted molar refractivity (Wildman–Crippen MR) is 79.9 cm³/mol. The molecule has 3 heteroatoms. The van der Waals surface area contributed by atoms with Gasteiger partial charge in [0.25, 0.3) is 0 Å². The van der Waals surface area contributed by atoms with Crippen LogP contribution in [0.3, 0.4) is 0 Å². The minimum Gasteiger partial charge on any atom is -0.326 e. The molecular weight excluding hydrogens is 244 g/mol. The van der Waals surface area contributed by atoms with E-state index in [1.165, 1.54) is 5.56 Å². The van der Waals surface area contributed by atoms with Crippen molar-refractivity contribution in [3.8, 4) is 0 Å². The summed E-state index contributed by atoms with van der Waals surface area (Å²) in [6.07, 6.45) is 0. The summed E-state index contributed by atoms with van der Waals surface area (Å²) in [7, 11) is 2.13. The highest BCUT2D eigenvalue weighted by Crippen LogP contribution is 2.27. The second-order valence-corrected chi connectivity index (χ2v) is 6.77. The molecule has 18 heavy (non-hydrogen) atoms. The maximum absolute atomic E-state index is 6.15. The van der Waals surface area contributed by atoms with Gasteiger partial charge in [-0.25, -0.2) is 0 Å². The molecule has 0 amide bonds. The molecule has 0 aliphatic heterocycles. The van der Waals surface area contributed by atoms with E-state index in [4.69, 9.17) is 17.3 Å². The van der Waals surface area contributed by atoms with Gasteiger partial charge in [-0.05, 0) is 37.1 Å². The molecule has 0 saturated carbocycles. The molecule has 0 heterocycles. The van der Waals surface area contributed by atoms with Crippen LogP contribution in [0.2, 0.25) is 5.02 Å². The standard InChI is InChI=1S/C15H25ClN2/c1-11(17)14(18(5)10-15(2,3)4)12-7-6-8-13(16)9-12/h6-9,11,14H,10,17H2,1-5H3. The Balaban J connectivity index is 2.96. The molecule has 102 valence electrons. The largest absolute Gasteiger partial charge is 0.326 e. The van der Waals surface area contributed by atoms with Crippen molar-refractivity contribution >= 4 is 11.6 Å². The molecule has 2 unspecified atom stereocenters. The van der Waals surface area contributed by atoms with Gasteiger partial charge in [0.1, 0.15) is 0 Å². The van der Waals surface area contributed by atoms with Crippen LogP contribution in [0.5, 0.6) is 0 Å². The van der Waals surface area contributed by atoms with Gasteiger partial charge >= 0.3 is 0 Å². The van der Waals surface area contributed by atoms with E-state index in [1.54, 1.807) is 0 Å². The molecule has 0 fully saturated rings. The summed E-state index contributed by atoms with van der Waals surface area (Å²) in [5, 5.41) is 0.766. The Morgan fingerprint density at radius 3 is 2.39 bits per heavy atom. The van der Waals surface area contributed by atoms with E-state index in [-0.39, 0.29) is 17.5 Å². The third-order valence-corrected chi connectivity index (χ3v) is 3.12. The first-order valence-corrected chi connectivity index (χ1v) is 6.80. The number of rotatable bonds is 4. The molecule has 2 N–H and O–H groups in total. The summed E-state index contributed by atoms with van der Waals surface area (Å²) in [4.78, 5) is 2.32. The second-order valence-electron chi connectivity index (χ2n) is 6.33. The Morgan fingerprint density at radius 1 is 1.33 bits per heavy atom. The van der Waals surface area contributed by atoms with Crippen molar-refractivity contribution in [3.63, 3.8) is 0 Å². The molecule has 0 aliphatic rings. The minimum atomic E-state index is 0.0656. The first kappa shape index (κ1) is 15.5. The van der Waals surface area contributed by atoms with Crippen LogP contribution < -0.4 is 5.73 Å². The summed E-state index contributed by atoms with van der Waals surface area (Å²) in [6.45, 7) is 9.75. The van der Waals surface area contributed by atoms with E-state index in [9.17, 15) is 0 Å². The topological polar surface area (TPSA) is 29.3 Å². The Morgan fingerprint density at radius 2 is 1.94 bits per heavy atom. The fourth-order valence-electron chi connectivity index (χ4n) is 2.50. The van der Waals surface area contributed by atoms with E-state index in [0.29, 0.717) is 0 Å². The highest BCUT2D eigenvalue weighted by Gasteiger charge is 2.24. The number of hydrogen-bond donors (Lipinski definition) is 1. The first-order chi connectivity index (χ1) is 8.20. The van der Waals surface area contributed by atoms with Gasteiger partial charge in [0, 0.05) is 23.7 Å². The molecule has 0 aliphatic carbocycles. The summed E-state index contributed by atoms with van der Waals surface area (Å²) < 4.78 is 0. The highest BCUT2D eigenvalue weighted by atomic mass is 35.5. The molecule has 0 spiro atoms. The van der Waals surface area contributed by atoms with Gasteiger partial charge < -0.3 is 5.73 Å².